The fourth-order valence-electron chi connectivity index (χ4n) is 1.31. The zero-order valence-corrected chi connectivity index (χ0v) is 9.71. The average Bonchev–Trinajstić information content (AvgIpc) is 2.28. The molecule has 1 N–H and O–H groups in total. The highest BCUT2D eigenvalue weighted by Gasteiger charge is 2.02. The van der Waals surface area contributed by atoms with Crippen LogP contribution in [0.4, 0.5) is 0 Å². The Morgan fingerprint density at radius 2 is 2.31 bits per heavy atom. The van der Waals surface area contributed by atoms with Gasteiger partial charge in [0.2, 0.25) is 0 Å². The van der Waals surface area contributed by atoms with Crippen LogP contribution in [0.1, 0.15) is 11.1 Å². The molecule has 0 saturated heterocycles. The molecule has 0 aliphatic carbocycles. The standard InChI is InChI=1S/C13H16N2O/c1-10(8-15-3)9-16-13-6-12(7-14)5-4-11(13)2/h4-6,15H,1,8-9H2,2-3H3. The second-order valence-electron chi connectivity index (χ2n) is 3.66. The van der Waals surface area contributed by atoms with Gasteiger partial charge in [0, 0.05) is 6.54 Å². The van der Waals surface area contributed by atoms with Crippen molar-refractivity contribution in [2.75, 3.05) is 20.2 Å². The Hall–Kier alpha value is -1.79. The molecule has 84 valence electrons. The zero-order chi connectivity index (χ0) is 12.0. The maximum atomic E-state index is 8.78. The Labute approximate surface area is 96.4 Å². The minimum Gasteiger partial charge on any atom is -0.489 e. The third-order valence-corrected chi connectivity index (χ3v) is 2.18. The SMILES string of the molecule is C=C(CNC)COc1cc(C#N)ccc1C. The van der Waals surface area contributed by atoms with Crippen LogP contribution >= 0.6 is 0 Å². The summed E-state index contributed by atoms with van der Waals surface area (Å²) in [6, 6.07) is 7.51. The largest absolute Gasteiger partial charge is 0.489 e. The molecule has 0 atom stereocenters. The molecule has 0 saturated carbocycles. The number of nitriles is 1. The Morgan fingerprint density at radius 3 is 2.94 bits per heavy atom. The van der Waals surface area contributed by atoms with E-state index in [9.17, 15) is 0 Å². The number of nitrogens with one attached hydrogen (secondary N) is 1. The highest BCUT2D eigenvalue weighted by atomic mass is 16.5. The molecule has 0 aliphatic rings. The van der Waals surface area contributed by atoms with Crippen LogP contribution in [-0.2, 0) is 0 Å². The molecule has 16 heavy (non-hydrogen) atoms. The summed E-state index contributed by atoms with van der Waals surface area (Å²) in [5, 5.41) is 11.8. The fourth-order valence-corrected chi connectivity index (χ4v) is 1.31. The first-order valence-corrected chi connectivity index (χ1v) is 5.12. The number of benzene rings is 1. The molecule has 3 nitrogen and oxygen atoms in total. The molecule has 1 rings (SSSR count). The molecule has 0 aliphatic heterocycles. The van der Waals surface area contributed by atoms with E-state index < -0.39 is 0 Å². The van der Waals surface area contributed by atoms with Crippen LogP contribution < -0.4 is 10.1 Å². The molecular weight excluding hydrogens is 200 g/mol. The molecule has 0 aromatic heterocycles. The van der Waals surface area contributed by atoms with E-state index in [-0.39, 0.29) is 0 Å². The van der Waals surface area contributed by atoms with Crippen molar-refractivity contribution in [2.24, 2.45) is 0 Å². The van der Waals surface area contributed by atoms with Crippen molar-refractivity contribution in [3.05, 3.63) is 41.5 Å². The van der Waals surface area contributed by atoms with Crippen LogP contribution in [0.3, 0.4) is 0 Å². The van der Waals surface area contributed by atoms with Crippen molar-refractivity contribution >= 4 is 0 Å². The normalized spacial score (nSPS) is 9.56. The third-order valence-electron chi connectivity index (χ3n) is 2.18. The van der Waals surface area contributed by atoms with Gasteiger partial charge in [-0.2, -0.15) is 5.26 Å². The fraction of sp³-hybridized carbons (Fsp3) is 0.308. The van der Waals surface area contributed by atoms with Crippen molar-refractivity contribution < 1.29 is 4.74 Å². The van der Waals surface area contributed by atoms with Crippen LogP contribution in [0.15, 0.2) is 30.4 Å². The third kappa shape index (κ3) is 3.41. The summed E-state index contributed by atoms with van der Waals surface area (Å²) in [7, 11) is 1.87. The van der Waals surface area contributed by atoms with Gasteiger partial charge in [-0.3, -0.25) is 0 Å². The first-order valence-electron chi connectivity index (χ1n) is 5.12. The lowest BCUT2D eigenvalue weighted by Crippen LogP contribution is -2.14. The van der Waals surface area contributed by atoms with Gasteiger partial charge < -0.3 is 10.1 Å². The number of nitrogens with zero attached hydrogens (tertiary/aromatic N) is 1. The minimum absolute atomic E-state index is 0.469. The van der Waals surface area contributed by atoms with E-state index >= 15 is 0 Å². The van der Waals surface area contributed by atoms with Crippen LogP contribution in [0.25, 0.3) is 0 Å². The molecule has 0 fully saturated rings. The van der Waals surface area contributed by atoms with Crippen LogP contribution in [-0.4, -0.2) is 20.2 Å². The van der Waals surface area contributed by atoms with Crippen molar-refractivity contribution in [3.8, 4) is 11.8 Å². The smallest absolute Gasteiger partial charge is 0.124 e. The summed E-state index contributed by atoms with van der Waals surface area (Å²) in [5.74, 6) is 0.747. The van der Waals surface area contributed by atoms with Gasteiger partial charge in [0.25, 0.3) is 0 Å². The van der Waals surface area contributed by atoms with Crippen molar-refractivity contribution in [1.29, 1.82) is 5.26 Å². The van der Waals surface area contributed by atoms with E-state index in [0.717, 1.165) is 23.4 Å². The summed E-state index contributed by atoms with van der Waals surface area (Å²) in [4.78, 5) is 0. The number of aryl methyl sites for hydroxylation is 1. The Morgan fingerprint density at radius 1 is 1.56 bits per heavy atom. The molecular formula is C13H16N2O. The molecule has 0 radical (unpaired) electrons. The number of ether oxygens (including phenoxy) is 1. The van der Waals surface area contributed by atoms with Gasteiger partial charge in [-0.05, 0) is 37.2 Å². The Kier molecular flexibility index (Phi) is 4.56. The van der Waals surface area contributed by atoms with Crippen molar-refractivity contribution in [2.45, 2.75) is 6.92 Å². The van der Waals surface area contributed by atoms with Gasteiger partial charge in [0.1, 0.15) is 12.4 Å². The van der Waals surface area contributed by atoms with Gasteiger partial charge in [-0.25, -0.2) is 0 Å². The lowest BCUT2D eigenvalue weighted by molar-refractivity contribution is 0.346. The molecule has 0 bridgehead atoms. The lowest BCUT2D eigenvalue weighted by atomic mass is 10.1. The van der Waals surface area contributed by atoms with Gasteiger partial charge in [-0.15, -0.1) is 0 Å². The van der Waals surface area contributed by atoms with Crippen molar-refractivity contribution in [3.63, 3.8) is 0 Å². The first kappa shape index (κ1) is 12.3. The van der Waals surface area contributed by atoms with Gasteiger partial charge in [-0.1, -0.05) is 12.6 Å². The Bertz CT molecular complexity index is 418. The van der Waals surface area contributed by atoms with E-state index in [2.05, 4.69) is 18.0 Å². The summed E-state index contributed by atoms with van der Waals surface area (Å²) < 4.78 is 5.60. The molecule has 3 heteroatoms. The number of likely N-dealkylation sites (N-methyl/N-ethyl adjacent to an activating group) is 1. The van der Waals surface area contributed by atoms with E-state index in [0.29, 0.717) is 12.2 Å². The summed E-state index contributed by atoms with van der Waals surface area (Å²) in [6.45, 7) is 7.04. The number of hydrogen-bond donors (Lipinski definition) is 1. The Balaban J connectivity index is 2.66. The highest BCUT2D eigenvalue weighted by molar-refractivity contribution is 5.41. The lowest BCUT2D eigenvalue weighted by Gasteiger charge is -2.10. The van der Waals surface area contributed by atoms with Crippen molar-refractivity contribution in [1.82, 2.24) is 5.32 Å². The maximum Gasteiger partial charge on any atom is 0.124 e. The molecule has 0 heterocycles. The van der Waals surface area contributed by atoms with E-state index in [4.69, 9.17) is 10.00 Å². The van der Waals surface area contributed by atoms with Crippen LogP contribution in [0.5, 0.6) is 5.75 Å². The summed E-state index contributed by atoms with van der Waals surface area (Å²) in [6.07, 6.45) is 0. The van der Waals surface area contributed by atoms with Crippen LogP contribution in [0.2, 0.25) is 0 Å². The minimum atomic E-state index is 0.469. The average molecular weight is 216 g/mol. The second kappa shape index (κ2) is 5.94. The second-order valence-corrected chi connectivity index (χ2v) is 3.66. The van der Waals surface area contributed by atoms with Gasteiger partial charge in [0.15, 0.2) is 0 Å². The molecule has 0 unspecified atom stereocenters. The van der Waals surface area contributed by atoms with E-state index in [1.807, 2.05) is 20.0 Å². The quantitative estimate of drug-likeness (QED) is 0.766. The topological polar surface area (TPSA) is 45.0 Å². The zero-order valence-electron chi connectivity index (χ0n) is 9.71. The number of hydrogen-bond acceptors (Lipinski definition) is 3. The highest BCUT2D eigenvalue weighted by Crippen LogP contribution is 2.19. The predicted octanol–water partition coefficient (Wildman–Crippen LogP) is 2.02. The molecule has 0 spiro atoms. The summed E-state index contributed by atoms with van der Waals surface area (Å²) in [5.41, 5.74) is 2.61. The number of rotatable bonds is 5. The summed E-state index contributed by atoms with van der Waals surface area (Å²) >= 11 is 0. The van der Waals surface area contributed by atoms with Gasteiger partial charge in [0.05, 0.1) is 11.6 Å². The van der Waals surface area contributed by atoms with E-state index in [1.165, 1.54) is 0 Å². The maximum absolute atomic E-state index is 8.78. The first-order chi connectivity index (χ1) is 7.67. The molecule has 1 aromatic rings. The molecule has 1 aromatic carbocycles. The predicted molar refractivity (Wildman–Crippen MR) is 64.5 cm³/mol. The molecule has 0 amide bonds. The monoisotopic (exact) mass is 216 g/mol. The van der Waals surface area contributed by atoms with E-state index in [1.54, 1.807) is 12.1 Å². The van der Waals surface area contributed by atoms with Crippen LogP contribution in [0, 0.1) is 18.3 Å². The van der Waals surface area contributed by atoms with Gasteiger partial charge >= 0.3 is 0 Å².